The van der Waals surface area contributed by atoms with Gasteiger partial charge in [0.1, 0.15) is 5.82 Å². The highest BCUT2D eigenvalue weighted by Crippen LogP contribution is 2.21. The van der Waals surface area contributed by atoms with Crippen molar-refractivity contribution in [2.24, 2.45) is 7.05 Å². The molecule has 0 bridgehead atoms. The first-order valence-corrected chi connectivity index (χ1v) is 6.00. The smallest absolute Gasteiger partial charge is 0.129 e. The fourth-order valence-corrected chi connectivity index (χ4v) is 2.37. The molecule has 1 aliphatic heterocycles. The van der Waals surface area contributed by atoms with Gasteiger partial charge in [-0.1, -0.05) is 6.07 Å². The van der Waals surface area contributed by atoms with Crippen LogP contribution < -0.4 is 5.32 Å². The minimum Gasteiger partial charge on any atom is -0.378 e. The van der Waals surface area contributed by atoms with E-state index < -0.39 is 0 Å². The lowest BCUT2D eigenvalue weighted by molar-refractivity contribution is 0.0735. The SMILES string of the molecule is Cc1ccc2c(c1)nc(C1COCCN1)n2C. The molecule has 1 saturated heterocycles. The zero-order valence-corrected chi connectivity index (χ0v) is 10.2. The Morgan fingerprint density at radius 2 is 2.35 bits per heavy atom. The van der Waals surface area contributed by atoms with E-state index in [1.165, 1.54) is 11.1 Å². The average molecular weight is 231 g/mol. The molecule has 0 spiro atoms. The fourth-order valence-electron chi connectivity index (χ4n) is 2.37. The molecule has 0 aliphatic carbocycles. The summed E-state index contributed by atoms with van der Waals surface area (Å²) in [6.45, 7) is 4.48. The predicted molar refractivity (Wildman–Crippen MR) is 67.0 cm³/mol. The molecular formula is C13H17N3O. The maximum absolute atomic E-state index is 5.50. The van der Waals surface area contributed by atoms with Gasteiger partial charge in [-0.2, -0.15) is 0 Å². The van der Waals surface area contributed by atoms with Gasteiger partial charge in [0.2, 0.25) is 0 Å². The van der Waals surface area contributed by atoms with Crippen LogP contribution in [0.5, 0.6) is 0 Å². The number of hydrogen-bond donors (Lipinski definition) is 1. The Bertz CT molecular complexity index is 541. The number of nitrogens with one attached hydrogen (secondary N) is 1. The summed E-state index contributed by atoms with van der Waals surface area (Å²) < 4.78 is 7.65. The van der Waals surface area contributed by atoms with Crippen molar-refractivity contribution in [1.82, 2.24) is 14.9 Å². The Morgan fingerprint density at radius 3 is 3.12 bits per heavy atom. The Labute approximate surface area is 101 Å². The molecule has 3 rings (SSSR count). The number of imidazole rings is 1. The molecule has 1 N–H and O–H groups in total. The average Bonchev–Trinajstić information content (AvgIpc) is 2.67. The van der Waals surface area contributed by atoms with E-state index in [-0.39, 0.29) is 6.04 Å². The maximum atomic E-state index is 5.50. The molecule has 0 radical (unpaired) electrons. The summed E-state index contributed by atoms with van der Waals surface area (Å²) >= 11 is 0. The van der Waals surface area contributed by atoms with Crippen molar-refractivity contribution in [3.63, 3.8) is 0 Å². The number of nitrogens with zero attached hydrogens (tertiary/aromatic N) is 2. The molecule has 2 aromatic rings. The highest BCUT2D eigenvalue weighted by atomic mass is 16.5. The summed E-state index contributed by atoms with van der Waals surface area (Å²) in [6, 6.07) is 6.59. The van der Waals surface area contributed by atoms with E-state index in [0.29, 0.717) is 6.61 Å². The second kappa shape index (κ2) is 4.13. The third-order valence-corrected chi connectivity index (χ3v) is 3.30. The van der Waals surface area contributed by atoms with E-state index in [1.807, 2.05) is 0 Å². The van der Waals surface area contributed by atoms with E-state index in [4.69, 9.17) is 9.72 Å². The van der Waals surface area contributed by atoms with Crippen molar-refractivity contribution >= 4 is 11.0 Å². The Balaban J connectivity index is 2.07. The van der Waals surface area contributed by atoms with Crippen molar-refractivity contribution in [2.45, 2.75) is 13.0 Å². The number of benzene rings is 1. The van der Waals surface area contributed by atoms with Gasteiger partial charge in [-0.05, 0) is 24.6 Å². The van der Waals surface area contributed by atoms with Gasteiger partial charge in [-0.15, -0.1) is 0 Å². The minimum atomic E-state index is 0.210. The number of aromatic nitrogens is 2. The molecule has 0 saturated carbocycles. The van der Waals surface area contributed by atoms with Gasteiger partial charge in [-0.3, -0.25) is 0 Å². The highest BCUT2D eigenvalue weighted by Gasteiger charge is 2.20. The summed E-state index contributed by atoms with van der Waals surface area (Å²) in [5.41, 5.74) is 3.49. The van der Waals surface area contributed by atoms with Crippen molar-refractivity contribution in [1.29, 1.82) is 0 Å². The highest BCUT2D eigenvalue weighted by molar-refractivity contribution is 5.76. The van der Waals surface area contributed by atoms with Gasteiger partial charge < -0.3 is 14.6 Å². The molecule has 1 aromatic carbocycles. The van der Waals surface area contributed by atoms with Crippen molar-refractivity contribution < 1.29 is 4.74 Å². The summed E-state index contributed by atoms with van der Waals surface area (Å²) in [4.78, 5) is 4.72. The quantitative estimate of drug-likeness (QED) is 0.809. The van der Waals surface area contributed by atoms with Crippen LogP contribution in [0.4, 0.5) is 0 Å². The van der Waals surface area contributed by atoms with E-state index in [9.17, 15) is 0 Å². The van der Waals surface area contributed by atoms with Crippen LogP contribution in [-0.4, -0.2) is 29.3 Å². The third-order valence-electron chi connectivity index (χ3n) is 3.30. The Morgan fingerprint density at radius 1 is 1.47 bits per heavy atom. The van der Waals surface area contributed by atoms with E-state index in [1.54, 1.807) is 0 Å². The van der Waals surface area contributed by atoms with Gasteiger partial charge in [0.25, 0.3) is 0 Å². The molecular weight excluding hydrogens is 214 g/mol. The number of fused-ring (bicyclic) bond motifs is 1. The lowest BCUT2D eigenvalue weighted by Crippen LogP contribution is -2.36. The van der Waals surface area contributed by atoms with E-state index >= 15 is 0 Å². The Kier molecular flexibility index (Phi) is 2.61. The molecule has 1 aromatic heterocycles. The molecule has 1 atom stereocenters. The van der Waals surface area contributed by atoms with Crippen LogP contribution in [0.15, 0.2) is 18.2 Å². The molecule has 4 heteroatoms. The third kappa shape index (κ3) is 1.83. The van der Waals surface area contributed by atoms with Crippen LogP contribution in [0.25, 0.3) is 11.0 Å². The van der Waals surface area contributed by atoms with Crippen LogP contribution in [0, 0.1) is 6.92 Å². The molecule has 17 heavy (non-hydrogen) atoms. The van der Waals surface area contributed by atoms with Crippen LogP contribution >= 0.6 is 0 Å². The van der Waals surface area contributed by atoms with Gasteiger partial charge in [0, 0.05) is 13.6 Å². The van der Waals surface area contributed by atoms with E-state index in [0.717, 1.165) is 24.5 Å². The molecule has 1 fully saturated rings. The monoisotopic (exact) mass is 231 g/mol. The first-order valence-electron chi connectivity index (χ1n) is 6.00. The Hall–Kier alpha value is -1.39. The summed E-state index contributed by atoms with van der Waals surface area (Å²) in [5, 5.41) is 3.44. The topological polar surface area (TPSA) is 39.1 Å². The first-order chi connectivity index (χ1) is 8.25. The lowest BCUT2D eigenvalue weighted by Gasteiger charge is -2.23. The summed E-state index contributed by atoms with van der Waals surface area (Å²) in [7, 11) is 2.07. The standard InChI is InChI=1S/C13H17N3O/c1-9-3-4-12-10(7-9)15-13(16(12)2)11-8-17-6-5-14-11/h3-4,7,11,14H,5-6,8H2,1-2H3. The van der Waals surface area contributed by atoms with Gasteiger partial charge >= 0.3 is 0 Å². The minimum absolute atomic E-state index is 0.210. The second-order valence-electron chi connectivity index (χ2n) is 4.60. The van der Waals surface area contributed by atoms with Crippen molar-refractivity contribution in [3.05, 3.63) is 29.6 Å². The van der Waals surface area contributed by atoms with Crippen molar-refractivity contribution in [2.75, 3.05) is 19.8 Å². The zero-order valence-electron chi connectivity index (χ0n) is 10.2. The number of aryl methyl sites for hydroxylation is 2. The first kappa shape index (κ1) is 10.7. The fraction of sp³-hybridized carbons (Fsp3) is 0.462. The van der Waals surface area contributed by atoms with Gasteiger partial charge in [0.05, 0.1) is 30.3 Å². The van der Waals surface area contributed by atoms with E-state index in [2.05, 4.69) is 42.1 Å². The largest absolute Gasteiger partial charge is 0.378 e. The molecule has 2 heterocycles. The van der Waals surface area contributed by atoms with Gasteiger partial charge in [-0.25, -0.2) is 4.98 Å². The zero-order chi connectivity index (χ0) is 11.8. The number of rotatable bonds is 1. The predicted octanol–water partition coefficient (Wildman–Crippen LogP) is 1.54. The van der Waals surface area contributed by atoms with Crippen LogP contribution in [0.3, 0.4) is 0 Å². The maximum Gasteiger partial charge on any atom is 0.129 e. The molecule has 1 unspecified atom stereocenters. The van der Waals surface area contributed by atoms with Gasteiger partial charge in [0.15, 0.2) is 0 Å². The number of ether oxygens (including phenoxy) is 1. The van der Waals surface area contributed by atoms with Crippen LogP contribution in [0.2, 0.25) is 0 Å². The molecule has 4 nitrogen and oxygen atoms in total. The number of morpholine rings is 1. The second-order valence-corrected chi connectivity index (χ2v) is 4.60. The van der Waals surface area contributed by atoms with Crippen LogP contribution in [-0.2, 0) is 11.8 Å². The summed E-state index contributed by atoms with van der Waals surface area (Å²) in [6.07, 6.45) is 0. The number of hydrogen-bond acceptors (Lipinski definition) is 3. The molecule has 0 amide bonds. The molecule has 90 valence electrons. The lowest BCUT2D eigenvalue weighted by atomic mass is 10.2. The van der Waals surface area contributed by atoms with Crippen molar-refractivity contribution in [3.8, 4) is 0 Å². The molecule has 1 aliphatic rings. The summed E-state index contributed by atoms with van der Waals surface area (Å²) in [5.74, 6) is 1.06. The van der Waals surface area contributed by atoms with Crippen LogP contribution in [0.1, 0.15) is 17.4 Å². The normalized spacial score (nSPS) is 20.9.